The maximum absolute atomic E-state index is 13.6. The standard InChI is InChI=1S/C17H23FN4O2S/c1-17(2)9-15(20-25(23,24)21(3)4)14-11-19-22(16(14)10-17)13-7-5-6-12(18)8-13/h5-8,11,15,20H,9-10H2,1-4H3/t15-/m1/s1. The minimum absolute atomic E-state index is 0.113. The first kappa shape index (κ1) is 18.0. The van der Waals surface area contributed by atoms with Crippen LogP contribution in [0.2, 0.25) is 0 Å². The number of halogens is 1. The Bertz CT molecular complexity index is 890. The molecular formula is C17H23FN4O2S. The molecule has 0 aliphatic heterocycles. The Morgan fingerprint density at radius 1 is 1.36 bits per heavy atom. The van der Waals surface area contributed by atoms with E-state index in [2.05, 4.69) is 23.7 Å². The van der Waals surface area contributed by atoms with E-state index in [9.17, 15) is 12.8 Å². The van der Waals surface area contributed by atoms with Crippen molar-refractivity contribution < 1.29 is 12.8 Å². The Hall–Kier alpha value is -1.77. The molecule has 25 heavy (non-hydrogen) atoms. The maximum Gasteiger partial charge on any atom is 0.279 e. The van der Waals surface area contributed by atoms with Gasteiger partial charge in [0.15, 0.2) is 0 Å². The lowest BCUT2D eigenvalue weighted by molar-refractivity contribution is 0.267. The molecule has 3 rings (SSSR count). The Morgan fingerprint density at radius 3 is 2.72 bits per heavy atom. The summed E-state index contributed by atoms with van der Waals surface area (Å²) in [6.07, 6.45) is 3.08. The zero-order chi connectivity index (χ0) is 18.4. The van der Waals surface area contributed by atoms with Crippen molar-refractivity contribution in [3.05, 3.63) is 47.5 Å². The molecule has 136 valence electrons. The first-order valence-corrected chi connectivity index (χ1v) is 9.56. The summed E-state index contributed by atoms with van der Waals surface area (Å²) in [6, 6.07) is 5.87. The Kier molecular flexibility index (Phi) is 4.47. The van der Waals surface area contributed by atoms with E-state index in [-0.39, 0.29) is 17.3 Å². The monoisotopic (exact) mass is 366 g/mol. The average Bonchev–Trinajstić information content (AvgIpc) is 2.89. The van der Waals surface area contributed by atoms with Crippen molar-refractivity contribution in [3.8, 4) is 5.69 Å². The normalized spacial score (nSPS) is 19.8. The van der Waals surface area contributed by atoms with Crippen LogP contribution in [-0.4, -0.2) is 36.6 Å². The van der Waals surface area contributed by atoms with Gasteiger partial charge in [0, 0.05) is 25.4 Å². The largest absolute Gasteiger partial charge is 0.279 e. The number of fused-ring (bicyclic) bond motifs is 1. The third kappa shape index (κ3) is 3.61. The summed E-state index contributed by atoms with van der Waals surface area (Å²) < 4.78 is 43.8. The topological polar surface area (TPSA) is 67.2 Å². The SMILES string of the molecule is CN(C)S(=O)(=O)N[C@@H]1CC(C)(C)Cc2c1cnn2-c1cccc(F)c1. The third-order valence-electron chi connectivity index (χ3n) is 4.50. The van der Waals surface area contributed by atoms with Gasteiger partial charge in [-0.25, -0.2) is 9.07 Å². The molecule has 0 amide bonds. The molecule has 2 aromatic rings. The van der Waals surface area contributed by atoms with Crippen LogP contribution >= 0.6 is 0 Å². The predicted octanol–water partition coefficient (Wildman–Crippen LogP) is 2.42. The first-order valence-electron chi connectivity index (χ1n) is 8.12. The molecule has 0 saturated carbocycles. The highest BCUT2D eigenvalue weighted by atomic mass is 32.2. The summed E-state index contributed by atoms with van der Waals surface area (Å²) in [5, 5.41) is 4.40. The maximum atomic E-state index is 13.6. The van der Waals surface area contributed by atoms with Crippen molar-refractivity contribution in [1.29, 1.82) is 0 Å². The highest BCUT2D eigenvalue weighted by Crippen LogP contribution is 2.41. The van der Waals surface area contributed by atoms with Crippen molar-refractivity contribution in [3.63, 3.8) is 0 Å². The highest BCUT2D eigenvalue weighted by molar-refractivity contribution is 7.87. The van der Waals surface area contributed by atoms with E-state index in [1.54, 1.807) is 23.0 Å². The van der Waals surface area contributed by atoms with E-state index in [0.29, 0.717) is 12.1 Å². The van der Waals surface area contributed by atoms with Gasteiger partial charge in [-0.2, -0.15) is 22.5 Å². The summed E-state index contributed by atoms with van der Waals surface area (Å²) in [4.78, 5) is 0. The van der Waals surface area contributed by atoms with Crippen molar-refractivity contribution in [1.82, 2.24) is 18.8 Å². The van der Waals surface area contributed by atoms with Gasteiger partial charge in [-0.05, 0) is 36.5 Å². The number of hydrogen-bond acceptors (Lipinski definition) is 3. The molecule has 0 saturated heterocycles. The highest BCUT2D eigenvalue weighted by Gasteiger charge is 2.37. The lowest BCUT2D eigenvalue weighted by Gasteiger charge is -2.36. The molecule has 1 N–H and O–H groups in total. The summed E-state index contributed by atoms with van der Waals surface area (Å²) in [5.74, 6) is -0.332. The van der Waals surface area contributed by atoms with E-state index in [1.165, 1.54) is 26.2 Å². The van der Waals surface area contributed by atoms with Crippen LogP contribution in [0.15, 0.2) is 30.5 Å². The minimum Gasteiger partial charge on any atom is -0.237 e. The molecular weight excluding hydrogens is 343 g/mol. The van der Waals surface area contributed by atoms with Gasteiger partial charge in [0.25, 0.3) is 10.2 Å². The van der Waals surface area contributed by atoms with Crippen LogP contribution in [0.5, 0.6) is 0 Å². The minimum atomic E-state index is -3.57. The summed E-state index contributed by atoms with van der Waals surface area (Å²) in [7, 11) is -0.580. The summed E-state index contributed by atoms with van der Waals surface area (Å²) in [6.45, 7) is 4.19. The fourth-order valence-electron chi connectivity index (χ4n) is 3.26. The van der Waals surface area contributed by atoms with E-state index in [4.69, 9.17) is 0 Å². The molecule has 0 radical (unpaired) electrons. The van der Waals surface area contributed by atoms with Crippen molar-refractivity contribution in [2.75, 3.05) is 14.1 Å². The molecule has 1 aliphatic carbocycles. The fourth-order valence-corrected chi connectivity index (χ4v) is 4.04. The third-order valence-corrected chi connectivity index (χ3v) is 6.05. The number of rotatable bonds is 4. The number of aromatic nitrogens is 2. The van der Waals surface area contributed by atoms with Crippen LogP contribution in [0, 0.1) is 11.2 Å². The Labute approximate surface area is 147 Å². The summed E-state index contributed by atoms with van der Waals surface area (Å²) >= 11 is 0. The van der Waals surface area contributed by atoms with Gasteiger partial charge in [-0.1, -0.05) is 19.9 Å². The average molecular weight is 366 g/mol. The predicted molar refractivity (Wildman–Crippen MR) is 94.1 cm³/mol. The van der Waals surface area contributed by atoms with E-state index < -0.39 is 10.2 Å². The lowest BCUT2D eigenvalue weighted by Crippen LogP contribution is -2.41. The van der Waals surface area contributed by atoms with Gasteiger partial charge in [-0.15, -0.1) is 0 Å². The van der Waals surface area contributed by atoms with Gasteiger partial charge in [0.2, 0.25) is 0 Å². The second kappa shape index (κ2) is 6.19. The zero-order valence-corrected chi connectivity index (χ0v) is 15.6. The van der Waals surface area contributed by atoms with Gasteiger partial charge in [0.1, 0.15) is 5.82 Å². The van der Waals surface area contributed by atoms with E-state index >= 15 is 0 Å². The number of nitrogens with one attached hydrogen (secondary N) is 1. The zero-order valence-electron chi connectivity index (χ0n) is 14.8. The van der Waals surface area contributed by atoms with Crippen LogP contribution < -0.4 is 4.72 Å². The number of hydrogen-bond donors (Lipinski definition) is 1. The van der Waals surface area contributed by atoms with Crippen LogP contribution in [0.4, 0.5) is 4.39 Å². The smallest absolute Gasteiger partial charge is 0.237 e. The second-order valence-electron chi connectivity index (χ2n) is 7.44. The van der Waals surface area contributed by atoms with Gasteiger partial charge >= 0.3 is 0 Å². The fraction of sp³-hybridized carbons (Fsp3) is 0.471. The van der Waals surface area contributed by atoms with Crippen LogP contribution in [-0.2, 0) is 16.6 Å². The summed E-state index contributed by atoms with van der Waals surface area (Å²) in [5.41, 5.74) is 2.27. The first-order chi connectivity index (χ1) is 11.6. The molecule has 1 aromatic carbocycles. The molecule has 6 nitrogen and oxygen atoms in total. The quantitative estimate of drug-likeness (QED) is 0.904. The molecule has 0 bridgehead atoms. The van der Waals surface area contributed by atoms with Crippen LogP contribution in [0.25, 0.3) is 5.69 Å². The number of nitrogens with zero attached hydrogens (tertiary/aromatic N) is 3. The Balaban J connectivity index is 2.05. The molecule has 1 aliphatic rings. The van der Waals surface area contributed by atoms with Gasteiger partial charge in [0.05, 0.1) is 17.9 Å². The molecule has 0 fully saturated rings. The molecule has 1 aromatic heterocycles. The lowest BCUT2D eigenvalue weighted by atomic mass is 9.74. The van der Waals surface area contributed by atoms with Gasteiger partial charge in [-0.3, -0.25) is 0 Å². The van der Waals surface area contributed by atoms with Crippen molar-refractivity contribution >= 4 is 10.2 Å². The molecule has 0 spiro atoms. The van der Waals surface area contributed by atoms with Crippen molar-refractivity contribution in [2.24, 2.45) is 5.41 Å². The van der Waals surface area contributed by atoms with E-state index in [0.717, 1.165) is 22.0 Å². The Morgan fingerprint density at radius 2 is 2.08 bits per heavy atom. The van der Waals surface area contributed by atoms with E-state index in [1.807, 2.05) is 0 Å². The van der Waals surface area contributed by atoms with Crippen molar-refractivity contribution in [2.45, 2.75) is 32.7 Å². The molecule has 1 heterocycles. The van der Waals surface area contributed by atoms with Crippen LogP contribution in [0.3, 0.4) is 0 Å². The van der Waals surface area contributed by atoms with Crippen LogP contribution in [0.1, 0.15) is 37.6 Å². The molecule has 8 heteroatoms. The number of benzene rings is 1. The van der Waals surface area contributed by atoms with Gasteiger partial charge < -0.3 is 0 Å². The molecule has 1 atom stereocenters. The second-order valence-corrected chi connectivity index (χ2v) is 9.36. The molecule has 0 unspecified atom stereocenters.